The Morgan fingerprint density at radius 2 is 1.67 bits per heavy atom. The molecule has 1 fully saturated rings. The van der Waals surface area contributed by atoms with Gasteiger partial charge >= 0.3 is 5.97 Å². The standard InChI is InChI=1S/C26H25N3O7/c30-21(27-20-14-22(31)36-26(20)35)15-29-12-5-4-11-19(25(29)34)28-24(33)18-10-6-9-17(13-18)23(32)16-7-2-1-3-8-16/h1-10,13,19-20,26,35H,11-12,14-15H2,(H,27,30)(H,28,33). The maximum atomic E-state index is 13.1. The molecule has 10 nitrogen and oxygen atoms in total. The first-order chi connectivity index (χ1) is 17.3. The molecule has 2 aliphatic rings. The van der Waals surface area contributed by atoms with Gasteiger partial charge in [0.25, 0.3) is 5.91 Å². The molecular weight excluding hydrogens is 466 g/mol. The van der Waals surface area contributed by atoms with Crippen molar-refractivity contribution < 1.29 is 33.8 Å². The summed E-state index contributed by atoms with van der Waals surface area (Å²) in [5.74, 6) is -2.41. The molecule has 3 amide bonds. The normalized spacial score (nSPS) is 21.5. The average Bonchev–Trinajstić information content (AvgIpc) is 3.10. The molecule has 0 aliphatic carbocycles. The minimum Gasteiger partial charge on any atom is -0.434 e. The average molecular weight is 492 g/mol. The highest BCUT2D eigenvalue weighted by atomic mass is 16.6. The van der Waals surface area contributed by atoms with E-state index in [1.54, 1.807) is 60.7 Å². The molecule has 36 heavy (non-hydrogen) atoms. The number of aliphatic hydroxyl groups is 1. The van der Waals surface area contributed by atoms with Crippen LogP contribution in [0.5, 0.6) is 0 Å². The van der Waals surface area contributed by atoms with Gasteiger partial charge in [0.05, 0.1) is 13.0 Å². The van der Waals surface area contributed by atoms with Crippen LogP contribution in [-0.4, -0.2) is 70.9 Å². The number of rotatable bonds is 7. The molecule has 0 radical (unpaired) electrons. The highest BCUT2D eigenvalue weighted by molar-refractivity contribution is 6.10. The molecule has 2 aromatic rings. The van der Waals surface area contributed by atoms with Crippen molar-refractivity contribution in [1.29, 1.82) is 0 Å². The van der Waals surface area contributed by atoms with Crippen LogP contribution in [0.3, 0.4) is 0 Å². The van der Waals surface area contributed by atoms with Crippen molar-refractivity contribution in [2.24, 2.45) is 0 Å². The third-order valence-corrected chi connectivity index (χ3v) is 5.87. The summed E-state index contributed by atoms with van der Waals surface area (Å²) >= 11 is 0. The number of hydrogen-bond donors (Lipinski definition) is 3. The molecule has 1 saturated heterocycles. The van der Waals surface area contributed by atoms with Crippen LogP contribution >= 0.6 is 0 Å². The van der Waals surface area contributed by atoms with Crippen molar-refractivity contribution >= 4 is 29.5 Å². The van der Waals surface area contributed by atoms with Gasteiger partial charge < -0.3 is 25.4 Å². The lowest BCUT2D eigenvalue weighted by Crippen LogP contribution is -2.51. The number of nitrogens with zero attached hydrogens (tertiary/aromatic N) is 1. The van der Waals surface area contributed by atoms with Crippen molar-refractivity contribution in [3.63, 3.8) is 0 Å². The minimum atomic E-state index is -1.43. The topological polar surface area (TPSA) is 142 Å². The molecular formula is C26H25N3O7. The molecule has 3 atom stereocenters. The molecule has 3 unspecified atom stereocenters. The van der Waals surface area contributed by atoms with E-state index in [0.29, 0.717) is 11.1 Å². The van der Waals surface area contributed by atoms with E-state index in [2.05, 4.69) is 15.4 Å². The second kappa shape index (κ2) is 11.0. The zero-order valence-corrected chi connectivity index (χ0v) is 19.3. The number of cyclic esters (lactones) is 1. The molecule has 3 N–H and O–H groups in total. The number of ketones is 1. The Morgan fingerprint density at radius 1 is 0.944 bits per heavy atom. The molecule has 0 bridgehead atoms. The van der Waals surface area contributed by atoms with Crippen molar-refractivity contribution in [1.82, 2.24) is 15.5 Å². The van der Waals surface area contributed by atoms with E-state index in [4.69, 9.17) is 0 Å². The number of amides is 3. The second-order valence-electron chi connectivity index (χ2n) is 8.49. The third-order valence-electron chi connectivity index (χ3n) is 5.87. The van der Waals surface area contributed by atoms with Crippen LogP contribution < -0.4 is 10.6 Å². The second-order valence-corrected chi connectivity index (χ2v) is 8.49. The van der Waals surface area contributed by atoms with E-state index in [-0.39, 0.29) is 37.3 Å². The van der Waals surface area contributed by atoms with Gasteiger partial charge in [0.2, 0.25) is 18.1 Å². The highest BCUT2D eigenvalue weighted by Gasteiger charge is 2.35. The largest absolute Gasteiger partial charge is 0.434 e. The molecule has 2 heterocycles. The van der Waals surface area contributed by atoms with Gasteiger partial charge in [0.1, 0.15) is 12.1 Å². The number of benzene rings is 2. The predicted octanol–water partition coefficient (Wildman–Crippen LogP) is 0.555. The number of aliphatic hydroxyl groups excluding tert-OH is 1. The first kappa shape index (κ1) is 24.8. The Kier molecular flexibility index (Phi) is 7.55. The first-order valence-electron chi connectivity index (χ1n) is 11.4. The van der Waals surface area contributed by atoms with Crippen LogP contribution in [0.1, 0.15) is 39.1 Å². The molecule has 186 valence electrons. The van der Waals surface area contributed by atoms with E-state index >= 15 is 0 Å². The summed E-state index contributed by atoms with van der Waals surface area (Å²) in [6.07, 6.45) is 2.09. The van der Waals surface area contributed by atoms with Crippen LogP contribution in [0.2, 0.25) is 0 Å². The molecule has 2 aromatic carbocycles. The number of ether oxygens (including phenoxy) is 1. The van der Waals surface area contributed by atoms with Crippen molar-refractivity contribution in [3.8, 4) is 0 Å². The van der Waals surface area contributed by atoms with Gasteiger partial charge in [-0.15, -0.1) is 0 Å². The summed E-state index contributed by atoms with van der Waals surface area (Å²) in [7, 11) is 0. The third kappa shape index (κ3) is 5.84. The van der Waals surface area contributed by atoms with Gasteiger partial charge in [0.15, 0.2) is 5.78 Å². The molecule has 0 saturated carbocycles. The van der Waals surface area contributed by atoms with Crippen LogP contribution in [0.25, 0.3) is 0 Å². The fourth-order valence-electron chi connectivity index (χ4n) is 4.00. The number of nitrogens with one attached hydrogen (secondary N) is 2. The lowest BCUT2D eigenvalue weighted by Gasteiger charge is -2.25. The fraction of sp³-hybridized carbons (Fsp3) is 0.269. The zero-order valence-electron chi connectivity index (χ0n) is 19.3. The van der Waals surface area contributed by atoms with Gasteiger partial charge in [-0.05, 0) is 18.6 Å². The van der Waals surface area contributed by atoms with Crippen LogP contribution in [-0.2, 0) is 19.1 Å². The van der Waals surface area contributed by atoms with Gasteiger partial charge in [-0.2, -0.15) is 0 Å². The Bertz CT molecular complexity index is 1210. The summed E-state index contributed by atoms with van der Waals surface area (Å²) in [6.45, 7) is -0.170. The summed E-state index contributed by atoms with van der Waals surface area (Å²) in [4.78, 5) is 63.7. The highest BCUT2D eigenvalue weighted by Crippen LogP contribution is 2.15. The van der Waals surface area contributed by atoms with E-state index in [1.807, 2.05) is 0 Å². The van der Waals surface area contributed by atoms with Gasteiger partial charge in [-0.1, -0.05) is 54.6 Å². The molecule has 0 aromatic heterocycles. The van der Waals surface area contributed by atoms with E-state index in [1.165, 1.54) is 11.0 Å². The predicted molar refractivity (Wildman–Crippen MR) is 127 cm³/mol. The lowest BCUT2D eigenvalue weighted by molar-refractivity contribution is -0.155. The first-order valence-corrected chi connectivity index (χ1v) is 11.4. The Labute approximate surface area is 206 Å². The lowest BCUT2D eigenvalue weighted by atomic mass is 10.0. The van der Waals surface area contributed by atoms with Crippen molar-refractivity contribution in [2.75, 3.05) is 13.1 Å². The smallest absolute Gasteiger partial charge is 0.310 e. The van der Waals surface area contributed by atoms with Crippen LogP contribution in [0.15, 0.2) is 66.7 Å². The quantitative estimate of drug-likeness (QED) is 0.292. The van der Waals surface area contributed by atoms with Gasteiger partial charge in [0, 0.05) is 23.2 Å². The van der Waals surface area contributed by atoms with Crippen molar-refractivity contribution in [2.45, 2.75) is 31.2 Å². The maximum absolute atomic E-state index is 13.1. The van der Waals surface area contributed by atoms with E-state index in [9.17, 15) is 29.1 Å². The fourth-order valence-corrected chi connectivity index (χ4v) is 4.00. The summed E-state index contributed by atoms with van der Waals surface area (Å²) in [5.41, 5.74) is 1.06. The zero-order chi connectivity index (χ0) is 25.7. The maximum Gasteiger partial charge on any atom is 0.310 e. The Hall–Kier alpha value is -4.31. The summed E-state index contributed by atoms with van der Waals surface area (Å²) in [6, 6.07) is 13.1. The van der Waals surface area contributed by atoms with Crippen LogP contribution in [0, 0.1) is 0 Å². The number of hydrogen-bond acceptors (Lipinski definition) is 7. The number of esters is 1. The number of carbonyl (C=O) groups is 5. The molecule has 0 spiro atoms. The molecule has 10 heteroatoms. The van der Waals surface area contributed by atoms with Crippen molar-refractivity contribution in [3.05, 3.63) is 83.4 Å². The minimum absolute atomic E-state index is 0.155. The Balaban J connectivity index is 1.40. The van der Waals surface area contributed by atoms with Crippen LogP contribution in [0.4, 0.5) is 0 Å². The number of carbonyl (C=O) groups excluding carboxylic acids is 5. The summed E-state index contributed by atoms with van der Waals surface area (Å²) < 4.78 is 4.60. The van der Waals surface area contributed by atoms with E-state index in [0.717, 1.165) is 0 Å². The molecule has 4 rings (SSSR count). The van der Waals surface area contributed by atoms with E-state index < -0.39 is 42.1 Å². The summed E-state index contributed by atoms with van der Waals surface area (Å²) in [5, 5.41) is 14.8. The van der Waals surface area contributed by atoms with Gasteiger partial charge in [-0.25, -0.2) is 0 Å². The monoisotopic (exact) mass is 491 g/mol. The SMILES string of the molecule is O=C(CN1CC=CCC(NC(=O)c2cccc(C(=O)c3ccccc3)c2)C1=O)NC1CC(=O)OC1O. The molecule has 2 aliphatic heterocycles. The van der Waals surface area contributed by atoms with Gasteiger partial charge in [-0.3, -0.25) is 24.0 Å². The Morgan fingerprint density at radius 3 is 2.39 bits per heavy atom.